The minimum atomic E-state index is -0.854. The average Bonchev–Trinajstić information content (AvgIpc) is 2.87. The first-order chi connectivity index (χ1) is 6.92. The van der Waals surface area contributed by atoms with Crippen molar-refractivity contribution in [2.24, 2.45) is 0 Å². The zero-order valence-corrected chi connectivity index (χ0v) is 10.5. The number of hydrogen-bond donors (Lipinski definition) is 0. The summed E-state index contributed by atoms with van der Waals surface area (Å²) in [5.74, 6) is 0. The molecule has 3 heteroatoms. The Labute approximate surface area is 105 Å². The molecule has 0 unspecified atom stereocenters. The monoisotopic (exact) mass is 210 g/mol. The summed E-state index contributed by atoms with van der Waals surface area (Å²) in [6.45, 7) is 2.90. The van der Waals surface area contributed by atoms with Gasteiger partial charge in [0.25, 0.3) is 9.04 Å². The first kappa shape index (κ1) is 12.8. The van der Waals surface area contributed by atoms with Crippen LogP contribution < -0.4 is 18.9 Å². The van der Waals surface area contributed by atoms with Crippen molar-refractivity contribution in [1.29, 1.82) is 0 Å². The Balaban J connectivity index is 0.00000112. The van der Waals surface area contributed by atoms with Crippen LogP contribution in [0, 0.1) is 0 Å². The third-order valence-corrected chi connectivity index (χ3v) is 4.90. The normalized spacial score (nSPS) is 18.0. The molecule has 73 valence electrons. The van der Waals surface area contributed by atoms with E-state index in [2.05, 4.69) is 43.4 Å². The van der Waals surface area contributed by atoms with Crippen molar-refractivity contribution in [3.8, 4) is 0 Å². The molecular weight excluding hydrogens is 195 g/mol. The first-order valence-corrected chi connectivity index (χ1v) is 6.54. The molecule has 0 aromatic heterocycles. The number of hydrogen-bond acceptors (Lipinski definition) is 1. The molecule has 0 aromatic rings. The predicted octanol–water partition coefficient (Wildman–Crippen LogP) is -0.131. The predicted molar refractivity (Wildman–Crippen MR) is 61.1 cm³/mol. The molecular formula is C12H15LiOSi+. The molecule has 0 saturated heterocycles. The fraction of sp³-hybridized carbons (Fsp3) is 0.333. The summed E-state index contributed by atoms with van der Waals surface area (Å²) in [4.78, 5) is 0. The van der Waals surface area contributed by atoms with E-state index < -0.39 is 9.04 Å². The molecule has 0 amide bonds. The molecule has 1 nitrogen and oxygen atoms in total. The van der Waals surface area contributed by atoms with E-state index in [0.29, 0.717) is 0 Å². The second-order valence-corrected chi connectivity index (χ2v) is 5.64. The maximum absolute atomic E-state index is 5.90. The molecule has 2 aliphatic carbocycles. The van der Waals surface area contributed by atoms with Gasteiger partial charge < -0.3 is 4.43 Å². The second kappa shape index (κ2) is 6.35. The number of rotatable bonds is 4. The van der Waals surface area contributed by atoms with Gasteiger partial charge in [0.15, 0.2) is 0 Å². The fourth-order valence-corrected chi connectivity index (χ4v) is 3.94. The van der Waals surface area contributed by atoms with Crippen LogP contribution in [-0.4, -0.2) is 15.6 Å². The molecule has 0 fully saturated rings. The Morgan fingerprint density at radius 3 is 2.00 bits per heavy atom. The molecule has 0 atom stereocenters. The number of allylic oxidation sites excluding steroid dienone is 8. The van der Waals surface area contributed by atoms with E-state index in [1.54, 1.807) is 0 Å². The Morgan fingerprint density at radius 1 is 1.13 bits per heavy atom. The van der Waals surface area contributed by atoms with E-state index >= 15 is 0 Å². The first-order valence-electron chi connectivity index (χ1n) is 5.13. The molecule has 0 spiro atoms. The van der Waals surface area contributed by atoms with Crippen molar-refractivity contribution in [3.05, 3.63) is 46.8 Å². The summed E-state index contributed by atoms with van der Waals surface area (Å²) < 4.78 is 5.90. The fourth-order valence-electron chi connectivity index (χ4n) is 1.77. The topological polar surface area (TPSA) is 9.23 Å². The van der Waals surface area contributed by atoms with Crippen LogP contribution in [0.5, 0.6) is 0 Å². The summed E-state index contributed by atoms with van der Waals surface area (Å²) >= 11 is 0. The van der Waals surface area contributed by atoms with Gasteiger partial charge in [0, 0.05) is 6.61 Å². The molecule has 0 saturated carbocycles. The average molecular weight is 210 g/mol. The smallest absolute Gasteiger partial charge is 0.408 e. The molecule has 0 heterocycles. The zero-order valence-electron chi connectivity index (χ0n) is 9.49. The quantitative estimate of drug-likeness (QED) is 0.587. The van der Waals surface area contributed by atoms with Crippen LogP contribution in [0.4, 0.5) is 0 Å². The van der Waals surface area contributed by atoms with E-state index in [0.717, 1.165) is 19.4 Å². The molecule has 0 bridgehead atoms. The molecule has 2 aliphatic rings. The summed E-state index contributed by atoms with van der Waals surface area (Å²) in [5.41, 5.74) is 0. The van der Waals surface area contributed by atoms with Gasteiger partial charge in [0.1, 0.15) is 0 Å². The van der Waals surface area contributed by atoms with Gasteiger partial charge in [0.05, 0.1) is 0 Å². The Bertz CT molecular complexity index is 299. The van der Waals surface area contributed by atoms with Gasteiger partial charge in [0.2, 0.25) is 0 Å². The van der Waals surface area contributed by atoms with Crippen molar-refractivity contribution in [2.75, 3.05) is 6.61 Å². The molecule has 0 aliphatic heterocycles. The molecule has 2 rings (SSSR count). The standard InChI is InChI=1S/C12H15OSi.Li/c1-2-13-14(11-7-3-4-8-11)12-9-5-6-10-12;/h3-7,9H,2,8,10H2,1H3;/q;+1. The second-order valence-electron chi connectivity index (χ2n) is 3.41. The zero-order chi connectivity index (χ0) is 9.80. The van der Waals surface area contributed by atoms with Crippen LogP contribution in [0.2, 0.25) is 0 Å². The van der Waals surface area contributed by atoms with Gasteiger partial charge in [-0.05, 0) is 30.2 Å². The van der Waals surface area contributed by atoms with Crippen LogP contribution in [0.15, 0.2) is 46.8 Å². The molecule has 15 heavy (non-hydrogen) atoms. The van der Waals surface area contributed by atoms with Crippen molar-refractivity contribution in [3.63, 3.8) is 0 Å². The van der Waals surface area contributed by atoms with Crippen LogP contribution in [0.25, 0.3) is 0 Å². The van der Waals surface area contributed by atoms with Gasteiger partial charge in [-0.25, -0.2) is 0 Å². The summed E-state index contributed by atoms with van der Waals surface area (Å²) in [5, 5.41) is 2.98. The maximum Gasteiger partial charge on any atom is 1.00 e. The third-order valence-electron chi connectivity index (χ3n) is 2.41. The minimum absolute atomic E-state index is 0. The van der Waals surface area contributed by atoms with E-state index in [1.807, 2.05) is 0 Å². The maximum atomic E-state index is 5.90. The van der Waals surface area contributed by atoms with E-state index in [9.17, 15) is 0 Å². The van der Waals surface area contributed by atoms with E-state index in [1.165, 1.54) is 10.4 Å². The summed E-state index contributed by atoms with van der Waals surface area (Å²) in [6.07, 6.45) is 15.3. The van der Waals surface area contributed by atoms with Crippen molar-refractivity contribution in [1.82, 2.24) is 0 Å². The van der Waals surface area contributed by atoms with Gasteiger partial charge in [-0.15, -0.1) is 0 Å². The van der Waals surface area contributed by atoms with Crippen LogP contribution in [0.1, 0.15) is 19.8 Å². The largest absolute Gasteiger partial charge is 1.00 e. The van der Waals surface area contributed by atoms with Crippen LogP contribution in [-0.2, 0) is 4.43 Å². The Morgan fingerprint density at radius 2 is 1.67 bits per heavy atom. The van der Waals surface area contributed by atoms with Crippen LogP contribution >= 0.6 is 0 Å². The van der Waals surface area contributed by atoms with Crippen molar-refractivity contribution in [2.45, 2.75) is 19.8 Å². The molecule has 0 aromatic carbocycles. The Hall–Kier alpha value is -0.266. The van der Waals surface area contributed by atoms with E-state index in [4.69, 9.17) is 4.43 Å². The van der Waals surface area contributed by atoms with Gasteiger partial charge >= 0.3 is 18.9 Å². The van der Waals surface area contributed by atoms with Gasteiger partial charge in [-0.2, -0.15) is 0 Å². The van der Waals surface area contributed by atoms with Gasteiger partial charge in [-0.3, -0.25) is 0 Å². The summed E-state index contributed by atoms with van der Waals surface area (Å²) in [6, 6.07) is 0. The third kappa shape index (κ3) is 3.09. The SMILES string of the molecule is CCO[Si](C1=CC=CC1)C1=CC=CC1.[Li+]. The molecule has 1 radical (unpaired) electrons. The minimum Gasteiger partial charge on any atom is -0.408 e. The van der Waals surface area contributed by atoms with Crippen LogP contribution in [0.3, 0.4) is 0 Å². The Kier molecular flexibility index (Phi) is 5.42. The van der Waals surface area contributed by atoms with Crippen molar-refractivity contribution >= 4 is 9.04 Å². The summed E-state index contributed by atoms with van der Waals surface area (Å²) in [7, 11) is -0.854. The van der Waals surface area contributed by atoms with Gasteiger partial charge in [-0.1, -0.05) is 36.5 Å². The molecule has 0 N–H and O–H groups in total. The van der Waals surface area contributed by atoms with Crippen molar-refractivity contribution < 1.29 is 23.3 Å². The van der Waals surface area contributed by atoms with E-state index in [-0.39, 0.29) is 18.9 Å².